The van der Waals surface area contributed by atoms with Crippen LogP contribution >= 0.6 is 11.3 Å². The summed E-state index contributed by atoms with van der Waals surface area (Å²) in [5.74, 6) is -3.30. The van der Waals surface area contributed by atoms with E-state index in [0.717, 1.165) is 16.6 Å². The molecule has 44 heavy (non-hydrogen) atoms. The third-order valence-corrected chi connectivity index (χ3v) is 9.36. The van der Waals surface area contributed by atoms with Crippen LogP contribution in [0.2, 0.25) is 0 Å². The third-order valence-electron chi connectivity index (χ3n) is 8.44. The Morgan fingerprint density at radius 1 is 1.11 bits per heavy atom. The van der Waals surface area contributed by atoms with E-state index in [4.69, 9.17) is 9.47 Å². The molecule has 0 N–H and O–H groups in total. The first-order valence-corrected chi connectivity index (χ1v) is 14.9. The largest absolute Gasteiger partial charge is 0.550 e. The number of carbonyl (C=O) groups excluding carboxylic acids is 3. The average molecular weight is 629 g/mol. The summed E-state index contributed by atoms with van der Waals surface area (Å²) >= 11 is 1.17. The summed E-state index contributed by atoms with van der Waals surface area (Å²) in [4.78, 5) is 45.7. The number of likely N-dealkylation sites (tertiary alicyclic amines) is 1. The van der Waals surface area contributed by atoms with Crippen molar-refractivity contribution in [1.29, 1.82) is 0 Å². The molecule has 0 saturated carbocycles. The molecule has 1 aromatic heterocycles. The number of carboxylic acids is 1. The van der Waals surface area contributed by atoms with E-state index < -0.39 is 35.3 Å². The topological polar surface area (TPSA) is 112 Å². The SMILES string of the molecule is COc1cc(OCC(=O)N2CC([N+](C)(C)C)C2)ccc1-c1csc(N(C)C(=O)C2(CC(=O)[O-])Cc3cc(F)c(F)cc3C2)n1. The van der Waals surface area contributed by atoms with Gasteiger partial charge in [0.05, 0.1) is 52.5 Å². The second-order valence-electron chi connectivity index (χ2n) is 12.3. The Morgan fingerprint density at radius 2 is 1.75 bits per heavy atom. The molecule has 2 amide bonds. The zero-order chi connectivity index (χ0) is 32.0. The van der Waals surface area contributed by atoms with Crippen LogP contribution in [0.5, 0.6) is 11.5 Å². The molecule has 5 rings (SSSR count). The molecule has 0 bridgehead atoms. The molecule has 0 atom stereocenters. The lowest BCUT2D eigenvalue weighted by molar-refractivity contribution is -0.900. The van der Waals surface area contributed by atoms with E-state index in [9.17, 15) is 28.3 Å². The minimum atomic E-state index is -1.47. The number of quaternary nitrogens is 1. The third kappa shape index (κ3) is 6.11. The van der Waals surface area contributed by atoms with E-state index >= 15 is 0 Å². The van der Waals surface area contributed by atoms with Gasteiger partial charge in [0.25, 0.3) is 5.91 Å². The number of likely N-dealkylation sites (N-methyl/N-ethyl adjacent to an activating group) is 1. The monoisotopic (exact) mass is 628 g/mol. The van der Waals surface area contributed by atoms with Crippen molar-refractivity contribution in [2.45, 2.75) is 25.3 Å². The number of hydrogen-bond acceptors (Lipinski definition) is 8. The maximum Gasteiger partial charge on any atom is 0.260 e. The van der Waals surface area contributed by atoms with E-state index in [2.05, 4.69) is 26.1 Å². The van der Waals surface area contributed by atoms with E-state index in [-0.39, 0.29) is 25.4 Å². The number of anilines is 1. The lowest BCUT2D eigenvalue weighted by atomic mass is 9.80. The number of hydrogen-bond donors (Lipinski definition) is 0. The molecular formula is C31H34F2N4O6S. The standard InChI is InChI=1S/C31H34F2N4O6S/c1-35(29(41)31(13-28(39)40)11-18-8-23(32)24(33)9-19(18)12-31)30-34-25(17-44-30)22-7-6-21(10-26(22)42-5)43-16-27(38)36-14-20(15-36)37(2,3)4/h6-10,17,20H,11-16H2,1-5H3. The number of aromatic nitrogens is 1. The smallest absolute Gasteiger partial charge is 0.260 e. The highest BCUT2D eigenvalue weighted by Gasteiger charge is 2.46. The number of methoxy groups -OCH3 is 1. The van der Waals surface area contributed by atoms with Gasteiger partial charge < -0.3 is 28.8 Å². The molecule has 2 aliphatic rings. The van der Waals surface area contributed by atoms with Crippen LogP contribution in [0.15, 0.2) is 35.7 Å². The molecule has 1 aliphatic heterocycles. The number of thiazole rings is 1. The van der Waals surface area contributed by atoms with E-state index in [1.165, 1.54) is 30.4 Å². The summed E-state index contributed by atoms with van der Waals surface area (Å²) in [6.07, 6.45) is -0.750. The number of amides is 2. The Labute approximate surface area is 258 Å². The van der Waals surface area contributed by atoms with Crippen molar-refractivity contribution < 1.29 is 42.2 Å². The molecule has 0 radical (unpaired) electrons. The fraction of sp³-hybridized carbons (Fsp3) is 0.419. The van der Waals surface area contributed by atoms with Gasteiger partial charge in [-0.25, -0.2) is 13.8 Å². The lowest BCUT2D eigenvalue weighted by Gasteiger charge is -2.46. The van der Waals surface area contributed by atoms with Crippen LogP contribution in [0.3, 0.4) is 0 Å². The first kappa shape index (κ1) is 31.3. The highest BCUT2D eigenvalue weighted by Crippen LogP contribution is 2.43. The zero-order valence-corrected chi connectivity index (χ0v) is 26.0. The van der Waals surface area contributed by atoms with Gasteiger partial charge in [-0.1, -0.05) is 0 Å². The maximum absolute atomic E-state index is 13.9. The number of carboxylic acid groups (broad SMARTS) is 1. The van der Waals surface area contributed by atoms with Crippen molar-refractivity contribution in [3.05, 3.63) is 58.5 Å². The summed E-state index contributed by atoms with van der Waals surface area (Å²) in [5.41, 5.74) is 0.423. The summed E-state index contributed by atoms with van der Waals surface area (Å²) in [6.45, 7) is 1.28. The van der Waals surface area contributed by atoms with E-state index in [1.807, 2.05) is 0 Å². The Hall–Kier alpha value is -4.10. The van der Waals surface area contributed by atoms with E-state index in [1.54, 1.807) is 28.5 Å². The predicted molar refractivity (Wildman–Crippen MR) is 157 cm³/mol. The number of aliphatic carboxylic acids is 1. The Morgan fingerprint density at radius 3 is 2.32 bits per heavy atom. The highest BCUT2D eigenvalue weighted by atomic mass is 32.1. The quantitative estimate of drug-likeness (QED) is 0.317. The molecule has 2 aromatic carbocycles. The molecular weight excluding hydrogens is 594 g/mol. The van der Waals surface area contributed by atoms with Gasteiger partial charge in [0.15, 0.2) is 23.4 Å². The molecule has 0 unspecified atom stereocenters. The van der Waals surface area contributed by atoms with Gasteiger partial charge >= 0.3 is 0 Å². The molecule has 10 nitrogen and oxygen atoms in total. The summed E-state index contributed by atoms with van der Waals surface area (Å²) in [6, 6.07) is 7.53. The predicted octanol–water partition coefficient (Wildman–Crippen LogP) is 2.28. The first-order valence-electron chi connectivity index (χ1n) is 14.0. The van der Waals surface area contributed by atoms with Gasteiger partial charge in [0.1, 0.15) is 17.5 Å². The number of benzene rings is 2. The van der Waals surface area contributed by atoms with Crippen molar-refractivity contribution in [3.8, 4) is 22.8 Å². The number of rotatable bonds is 10. The lowest BCUT2D eigenvalue weighted by Crippen LogP contribution is -2.66. The number of carbonyl (C=O) groups is 3. The fourth-order valence-corrected chi connectivity index (χ4v) is 6.51. The van der Waals surface area contributed by atoms with Gasteiger partial charge in [-0.3, -0.25) is 14.5 Å². The second kappa shape index (κ2) is 11.8. The fourth-order valence-electron chi connectivity index (χ4n) is 5.72. The minimum absolute atomic E-state index is 0.0686. The first-order chi connectivity index (χ1) is 20.7. The summed E-state index contributed by atoms with van der Waals surface area (Å²) in [7, 11) is 9.29. The zero-order valence-electron chi connectivity index (χ0n) is 25.2. The van der Waals surface area contributed by atoms with Crippen LogP contribution in [0.1, 0.15) is 17.5 Å². The molecule has 1 fully saturated rings. The van der Waals surface area contributed by atoms with Crippen molar-refractivity contribution in [1.82, 2.24) is 9.88 Å². The normalized spacial score (nSPS) is 15.8. The summed E-state index contributed by atoms with van der Waals surface area (Å²) in [5, 5.41) is 13.7. The van der Waals surface area contributed by atoms with E-state index in [0.29, 0.717) is 58.1 Å². The average Bonchev–Trinajstić information content (AvgIpc) is 3.54. The van der Waals surface area contributed by atoms with Gasteiger partial charge in [0.2, 0.25) is 5.91 Å². The Balaban J connectivity index is 1.29. The molecule has 1 aliphatic carbocycles. The van der Waals surface area contributed by atoms with Crippen LogP contribution in [-0.4, -0.2) is 93.2 Å². The number of ether oxygens (including phenoxy) is 2. The van der Waals surface area contributed by atoms with Crippen LogP contribution in [0.4, 0.5) is 13.9 Å². The summed E-state index contributed by atoms with van der Waals surface area (Å²) < 4.78 is 39.9. The van der Waals surface area contributed by atoms with Crippen LogP contribution in [0.25, 0.3) is 11.3 Å². The molecule has 2 heterocycles. The van der Waals surface area contributed by atoms with Crippen molar-refractivity contribution >= 4 is 34.3 Å². The van der Waals surface area contributed by atoms with Gasteiger partial charge in [0, 0.05) is 36.4 Å². The second-order valence-corrected chi connectivity index (χ2v) is 13.2. The maximum atomic E-state index is 13.9. The number of halogens is 2. The van der Waals surface area contributed by atoms with Crippen LogP contribution in [-0.2, 0) is 27.2 Å². The Bertz CT molecular complexity index is 1580. The number of nitrogens with zero attached hydrogens (tertiary/aromatic N) is 4. The molecule has 0 spiro atoms. The van der Waals surface area contributed by atoms with Gasteiger partial charge in [-0.2, -0.15) is 0 Å². The molecule has 13 heteroatoms. The van der Waals surface area contributed by atoms with Gasteiger partial charge in [-0.15, -0.1) is 11.3 Å². The van der Waals surface area contributed by atoms with Crippen molar-refractivity contribution in [3.63, 3.8) is 0 Å². The van der Waals surface area contributed by atoms with Crippen LogP contribution in [0, 0.1) is 17.0 Å². The van der Waals surface area contributed by atoms with Crippen molar-refractivity contribution in [2.24, 2.45) is 5.41 Å². The van der Waals surface area contributed by atoms with Crippen LogP contribution < -0.4 is 19.5 Å². The number of fused-ring (bicyclic) bond motifs is 1. The molecule has 234 valence electrons. The Kier molecular flexibility index (Phi) is 8.38. The highest BCUT2D eigenvalue weighted by molar-refractivity contribution is 7.14. The van der Waals surface area contributed by atoms with Gasteiger partial charge in [-0.05, 0) is 48.2 Å². The minimum Gasteiger partial charge on any atom is -0.550 e. The van der Waals surface area contributed by atoms with Crippen molar-refractivity contribution in [2.75, 3.05) is 59.9 Å². The molecule has 1 saturated heterocycles. The molecule has 3 aromatic rings.